The van der Waals surface area contributed by atoms with Crippen LogP contribution in [0.5, 0.6) is 5.75 Å². The number of hydrogen-bond acceptors (Lipinski definition) is 4. The summed E-state index contributed by atoms with van der Waals surface area (Å²) >= 11 is 0. The van der Waals surface area contributed by atoms with E-state index in [0.29, 0.717) is 17.0 Å². The molecule has 1 heterocycles. The molecule has 0 spiro atoms. The van der Waals surface area contributed by atoms with Gasteiger partial charge in [-0.2, -0.15) is 0 Å². The monoisotopic (exact) mass is 366 g/mol. The molecular formula is C21H22N2O4. The lowest BCUT2D eigenvalue weighted by Crippen LogP contribution is -2.21. The van der Waals surface area contributed by atoms with E-state index in [4.69, 9.17) is 4.74 Å². The SMILES string of the molecule is CCC(C)(C)c1ccc(OCC(=O)Nc2ccc3c(c2)C(=O)NC3=O)cc1. The normalized spacial score (nSPS) is 13.1. The van der Waals surface area contributed by atoms with Gasteiger partial charge in [0.15, 0.2) is 6.61 Å². The van der Waals surface area contributed by atoms with Crippen LogP contribution in [0.25, 0.3) is 0 Å². The smallest absolute Gasteiger partial charge is 0.262 e. The van der Waals surface area contributed by atoms with Crippen LogP contribution in [-0.2, 0) is 10.2 Å². The Bertz CT molecular complexity index is 901. The summed E-state index contributed by atoms with van der Waals surface area (Å²) in [4.78, 5) is 35.3. The first-order valence-electron chi connectivity index (χ1n) is 8.83. The van der Waals surface area contributed by atoms with Crippen molar-refractivity contribution in [3.05, 3.63) is 59.2 Å². The number of carbonyl (C=O) groups is 3. The maximum absolute atomic E-state index is 12.1. The Kier molecular flexibility index (Phi) is 4.99. The van der Waals surface area contributed by atoms with Gasteiger partial charge < -0.3 is 10.1 Å². The fourth-order valence-corrected chi connectivity index (χ4v) is 2.80. The van der Waals surface area contributed by atoms with Gasteiger partial charge in [-0.25, -0.2) is 0 Å². The highest BCUT2D eigenvalue weighted by Gasteiger charge is 2.26. The number of hydrogen-bond donors (Lipinski definition) is 2. The van der Waals surface area contributed by atoms with E-state index in [2.05, 4.69) is 31.4 Å². The van der Waals surface area contributed by atoms with Crippen molar-refractivity contribution in [3.8, 4) is 5.75 Å². The molecule has 0 atom stereocenters. The van der Waals surface area contributed by atoms with Crippen LogP contribution < -0.4 is 15.4 Å². The second-order valence-corrected chi connectivity index (χ2v) is 7.14. The minimum absolute atomic E-state index is 0.0944. The van der Waals surface area contributed by atoms with Gasteiger partial charge in [0.25, 0.3) is 17.7 Å². The predicted molar refractivity (Wildman–Crippen MR) is 102 cm³/mol. The summed E-state index contributed by atoms with van der Waals surface area (Å²) in [5.74, 6) is -0.624. The maximum atomic E-state index is 12.1. The Hall–Kier alpha value is -3.15. The molecule has 1 aliphatic rings. The molecule has 6 nitrogen and oxygen atoms in total. The number of carbonyl (C=O) groups excluding carboxylic acids is 3. The molecule has 2 N–H and O–H groups in total. The van der Waals surface area contributed by atoms with Crippen molar-refractivity contribution in [1.82, 2.24) is 5.32 Å². The van der Waals surface area contributed by atoms with Crippen molar-refractivity contribution >= 4 is 23.4 Å². The highest BCUT2D eigenvalue weighted by atomic mass is 16.5. The molecule has 0 aliphatic carbocycles. The first kappa shape index (κ1) is 18.6. The molecule has 0 saturated carbocycles. The zero-order valence-electron chi connectivity index (χ0n) is 15.6. The third kappa shape index (κ3) is 4.00. The van der Waals surface area contributed by atoms with Crippen molar-refractivity contribution in [3.63, 3.8) is 0 Å². The first-order chi connectivity index (χ1) is 12.8. The van der Waals surface area contributed by atoms with Crippen LogP contribution >= 0.6 is 0 Å². The molecule has 0 aromatic heterocycles. The molecule has 0 radical (unpaired) electrons. The van der Waals surface area contributed by atoms with E-state index in [0.717, 1.165) is 6.42 Å². The van der Waals surface area contributed by atoms with E-state index in [1.165, 1.54) is 17.7 Å². The van der Waals surface area contributed by atoms with Gasteiger partial charge in [-0.05, 0) is 47.7 Å². The number of ether oxygens (including phenoxy) is 1. The van der Waals surface area contributed by atoms with E-state index >= 15 is 0 Å². The van der Waals surface area contributed by atoms with Crippen LogP contribution in [0.1, 0.15) is 53.5 Å². The van der Waals surface area contributed by atoms with E-state index in [-0.39, 0.29) is 23.5 Å². The quantitative estimate of drug-likeness (QED) is 0.769. The summed E-state index contributed by atoms with van der Waals surface area (Å²) in [5.41, 5.74) is 2.31. The lowest BCUT2D eigenvalue weighted by Gasteiger charge is -2.23. The van der Waals surface area contributed by atoms with Gasteiger partial charge in [0, 0.05) is 5.69 Å². The summed E-state index contributed by atoms with van der Waals surface area (Å²) in [6.07, 6.45) is 1.03. The second-order valence-electron chi connectivity index (χ2n) is 7.14. The first-order valence-corrected chi connectivity index (χ1v) is 8.83. The topological polar surface area (TPSA) is 84.5 Å². The summed E-state index contributed by atoms with van der Waals surface area (Å²) in [6.45, 7) is 6.35. The fourth-order valence-electron chi connectivity index (χ4n) is 2.80. The molecule has 1 aliphatic heterocycles. The number of imide groups is 1. The zero-order chi connectivity index (χ0) is 19.6. The van der Waals surface area contributed by atoms with Gasteiger partial charge in [-0.15, -0.1) is 0 Å². The number of fused-ring (bicyclic) bond motifs is 1. The summed E-state index contributed by atoms with van der Waals surface area (Å²) in [6, 6.07) is 12.3. The van der Waals surface area contributed by atoms with Gasteiger partial charge in [0.05, 0.1) is 11.1 Å². The van der Waals surface area contributed by atoms with Crippen LogP contribution in [0.4, 0.5) is 5.69 Å². The minimum Gasteiger partial charge on any atom is -0.484 e. The Morgan fingerprint density at radius 1 is 1.04 bits per heavy atom. The van der Waals surface area contributed by atoms with Crippen LogP contribution in [-0.4, -0.2) is 24.3 Å². The highest BCUT2D eigenvalue weighted by molar-refractivity contribution is 6.22. The molecule has 0 fully saturated rings. The van der Waals surface area contributed by atoms with E-state index < -0.39 is 11.8 Å². The summed E-state index contributed by atoms with van der Waals surface area (Å²) < 4.78 is 5.53. The van der Waals surface area contributed by atoms with Gasteiger partial charge in [0.2, 0.25) is 0 Å². The Balaban J connectivity index is 1.58. The summed E-state index contributed by atoms with van der Waals surface area (Å²) in [7, 11) is 0. The van der Waals surface area contributed by atoms with E-state index in [1.807, 2.05) is 24.3 Å². The fraction of sp³-hybridized carbons (Fsp3) is 0.286. The Labute approximate surface area is 157 Å². The van der Waals surface area contributed by atoms with Crippen molar-refractivity contribution in [1.29, 1.82) is 0 Å². The molecule has 140 valence electrons. The van der Waals surface area contributed by atoms with Gasteiger partial charge >= 0.3 is 0 Å². The largest absolute Gasteiger partial charge is 0.484 e. The molecule has 0 bridgehead atoms. The molecule has 0 unspecified atom stereocenters. The molecule has 2 aromatic carbocycles. The summed E-state index contributed by atoms with van der Waals surface area (Å²) in [5, 5.41) is 4.88. The van der Waals surface area contributed by atoms with E-state index in [1.54, 1.807) is 6.07 Å². The van der Waals surface area contributed by atoms with Crippen LogP contribution in [0.2, 0.25) is 0 Å². The predicted octanol–water partition coefficient (Wildman–Crippen LogP) is 3.28. The number of amides is 3. The minimum atomic E-state index is -0.461. The average molecular weight is 366 g/mol. The van der Waals surface area contributed by atoms with Crippen molar-refractivity contribution < 1.29 is 19.1 Å². The lowest BCUT2D eigenvalue weighted by molar-refractivity contribution is -0.118. The molecule has 6 heteroatoms. The van der Waals surface area contributed by atoms with Crippen molar-refractivity contribution in [2.75, 3.05) is 11.9 Å². The molecule has 2 aromatic rings. The number of anilines is 1. The molecule has 3 amide bonds. The third-order valence-corrected chi connectivity index (χ3v) is 4.91. The maximum Gasteiger partial charge on any atom is 0.262 e. The van der Waals surface area contributed by atoms with Gasteiger partial charge in [-0.3, -0.25) is 19.7 Å². The van der Waals surface area contributed by atoms with Gasteiger partial charge in [-0.1, -0.05) is 32.9 Å². The Morgan fingerprint density at radius 2 is 1.70 bits per heavy atom. The molecule has 0 saturated heterocycles. The number of benzene rings is 2. The lowest BCUT2D eigenvalue weighted by atomic mass is 9.82. The van der Waals surface area contributed by atoms with Crippen molar-refractivity contribution in [2.45, 2.75) is 32.6 Å². The second kappa shape index (κ2) is 7.23. The van der Waals surface area contributed by atoms with Crippen LogP contribution in [0.3, 0.4) is 0 Å². The highest BCUT2D eigenvalue weighted by Crippen LogP contribution is 2.28. The Morgan fingerprint density at radius 3 is 2.37 bits per heavy atom. The molecular weight excluding hydrogens is 344 g/mol. The van der Waals surface area contributed by atoms with Gasteiger partial charge in [0.1, 0.15) is 5.75 Å². The van der Waals surface area contributed by atoms with E-state index in [9.17, 15) is 14.4 Å². The van der Waals surface area contributed by atoms with Crippen molar-refractivity contribution in [2.24, 2.45) is 0 Å². The third-order valence-electron chi connectivity index (χ3n) is 4.91. The van der Waals surface area contributed by atoms with Crippen LogP contribution in [0, 0.1) is 0 Å². The molecule has 3 rings (SSSR count). The standard InChI is InChI=1S/C21H22N2O4/c1-4-21(2,3)13-5-8-15(9-6-13)27-12-18(24)22-14-7-10-16-17(11-14)20(26)23-19(16)25/h5-11H,4,12H2,1-3H3,(H,22,24)(H,23,25,26). The number of rotatable bonds is 6. The van der Waals surface area contributed by atoms with Crippen LogP contribution in [0.15, 0.2) is 42.5 Å². The number of nitrogens with one attached hydrogen (secondary N) is 2. The average Bonchev–Trinajstić information content (AvgIpc) is 2.94. The molecule has 27 heavy (non-hydrogen) atoms. The zero-order valence-corrected chi connectivity index (χ0v) is 15.6.